The van der Waals surface area contributed by atoms with Gasteiger partial charge in [-0.25, -0.2) is 0 Å². The Morgan fingerprint density at radius 2 is 1.76 bits per heavy atom. The van der Waals surface area contributed by atoms with Gasteiger partial charge in [0.2, 0.25) is 0 Å². The molecule has 0 aliphatic carbocycles. The molecule has 0 bridgehead atoms. The van der Waals surface area contributed by atoms with Gasteiger partial charge < -0.3 is 15.2 Å². The maximum absolute atomic E-state index is 13.3. The van der Waals surface area contributed by atoms with Crippen molar-refractivity contribution in [1.82, 2.24) is 0 Å². The van der Waals surface area contributed by atoms with E-state index in [9.17, 15) is 22.9 Å². The molecule has 0 heterocycles. The van der Waals surface area contributed by atoms with Gasteiger partial charge in [-0.05, 0) is 48.2 Å². The first-order valence-corrected chi connectivity index (χ1v) is 12.8. The summed E-state index contributed by atoms with van der Waals surface area (Å²) in [6.45, 7) is 1.53. The molecule has 0 saturated carbocycles. The van der Waals surface area contributed by atoms with Crippen LogP contribution in [0.3, 0.4) is 0 Å². The number of rotatable bonds is 6. The van der Waals surface area contributed by atoms with Crippen LogP contribution in [0.15, 0.2) is 75.8 Å². The molecule has 0 unspecified atom stereocenters. The third-order valence-corrected chi connectivity index (χ3v) is 7.18. The van der Waals surface area contributed by atoms with E-state index in [-0.39, 0.29) is 51.5 Å². The molecular formula is C25H18Cl2N3NaO6S. The number of methoxy groups -OCH3 is 1. The standard InChI is InChI=1S/C25H19Cl2N3O6S.Na/c1-13-9-16(12-21(22(13)27)37(33,34)35)29-30-23-17-6-4-3-5-14(17)10-18(24(23)31)25(32)28-15-7-8-19(26)20(11-15)36-2;/h3-12,31H,1-2H3,(H,28,32)(H,33,34,35);/q;+1/p-1. The molecule has 1 amide bonds. The number of carbonyl (C=O) groups excluding carboxylic acids is 1. The van der Waals surface area contributed by atoms with E-state index in [2.05, 4.69) is 15.5 Å². The van der Waals surface area contributed by atoms with Crippen molar-refractivity contribution >= 4 is 67.1 Å². The molecular weight excluding hydrogens is 564 g/mol. The molecule has 9 nitrogen and oxygen atoms in total. The van der Waals surface area contributed by atoms with Crippen molar-refractivity contribution in [3.63, 3.8) is 0 Å². The normalized spacial score (nSPS) is 11.4. The Kier molecular flexibility index (Phi) is 9.43. The SMILES string of the molecule is COc1cc(NC(=O)c2cc3ccccc3c(N=Nc3cc(C)c(Cl)c(S(=O)(=O)O)c3)c2[O-])ccc1Cl.[Na+]. The van der Waals surface area contributed by atoms with Crippen LogP contribution in [0.5, 0.6) is 11.5 Å². The molecule has 0 aromatic heterocycles. The number of anilines is 1. The third-order valence-electron chi connectivity index (χ3n) is 5.38. The topological polar surface area (TPSA) is 140 Å². The summed E-state index contributed by atoms with van der Waals surface area (Å²) in [6, 6.07) is 15.3. The second kappa shape index (κ2) is 12.0. The Morgan fingerprint density at radius 3 is 2.45 bits per heavy atom. The van der Waals surface area contributed by atoms with E-state index in [1.807, 2.05) is 0 Å². The van der Waals surface area contributed by atoms with Crippen molar-refractivity contribution in [1.29, 1.82) is 0 Å². The smallest absolute Gasteiger partial charge is 0.870 e. The number of azo groups is 1. The summed E-state index contributed by atoms with van der Waals surface area (Å²) in [5, 5.41) is 25.2. The monoisotopic (exact) mass is 581 g/mol. The van der Waals surface area contributed by atoms with Gasteiger partial charge >= 0.3 is 29.6 Å². The van der Waals surface area contributed by atoms with Crippen molar-refractivity contribution in [2.45, 2.75) is 11.8 Å². The third kappa shape index (κ3) is 6.29. The molecule has 0 radical (unpaired) electrons. The number of amides is 1. The van der Waals surface area contributed by atoms with Crippen LogP contribution in [0.2, 0.25) is 10.0 Å². The summed E-state index contributed by atoms with van der Waals surface area (Å²) in [7, 11) is -3.19. The van der Waals surface area contributed by atoms with Gasteiger partial charge in [0.15, 0.2) is 0 Å². The first-order valence-electron chi connectivity index (χ1n) is 10.6. The van der Waals surface area contributed by atoms with E-state index in [4.69, 9.17) is 27.9 Å². The van der Waals surface area contributed by atoms with Crippen LogP contribution < -0.4 is 44.7 Å². The largest absolute Gasteiger partial charge is 1.00 e. The van der Waals surface area contributed by atoms with Crippen LogP contribution in [-0.4, -0.2) is 26.0 Å². The van der Waals surface area contributed by atoms with E-state index < -0.39 is 26.7 Å². The number of nitrogens with zero attached hydrogens (tertiary/aromatic N) is 2. The van der Waals surface area contributed by atoms with Gasteiger partial charge in [-0.1, -0.05) is 53.2 Å². The molecule has 0 aliphatic rings. The zero-order chi connectivity index (χ0) is 26.9. The molecule has 13 heteroatoms. The minimum atomic E-state index is -4.63. The maximum Gasteiger partial charge on any atom is 1.00 e. The first kappa shape index (κ1) is 29.9. The van der Waals surface area contributed by atoms with E-state index in [1.165, 1.54) is 32.2 Å². The van der Waals surface area contributed by atoms with Gasteiger partial charge in [0.1, 0.15) is 10.6 Å². The van der Waals surface area contributed by atoms with Crippen LogP contribution in [-0.2, 0) is 10.1 Å². The van der Waals surface area contributed by atoms with Crippen LogP contribution in [0, 0.1) is 6.92 Å². The molecule has 38 heavy (non-hydrogen) atoms. The molecule has 2 N–H and O–H groups in total. The van der Waals surface area contributed by atoms with E-state index in [0.717, 1.165) is 6.07 Å². The second-order valence-electron chi connectivity index (χ2n) is 7.88. The zero-order valence-corrected chi connectivity index (χ0v) is 24.6. The van der Waals surface area contributed by atoms with Crippen molar-refractivity contribution in [3.05, 3.63) is 81.8 Å². The van der Waals surface area contributed by atoms with E-state index >= 15 is 0 Å². The van der Waals surface area contributed by atoms with Crippen LogP contribution >= 0.6 is 23.2 Å². The number of aryl methyl sites for hydroxylation is 1. The van der Waals surface area contributed by atoms with Crippen LogP contribution in [0.25, 0.3) is 10.8 Å². The summed E-state index contributed by atoms with van der Waals surface area (Å²) in [4.78, 5) is 12.5. The molecule has 0 saturated heterocycles. The number of benzene rings is 4. The Balaban J connectivity index is 0.00000400. The Bertz CT molecular complexity index is 1700. The quantitative estimate of drug-likeness (QED) is 0.203. The van der Waals surface area contributed by atoms with E-state index in [1.54, 1.807) is 36.4 Å². The van der Waals surface area contributed by atoms with E-state index in [0.29, 0.717) is 32.8 Å². The van der Waals surface area contributed by atoms with Gasteiger partial charge in [-0.2, -0.15) is 18.6 Å². The van der Waals surface area contributed by atoms with Crippen LogP contribution in [0.1, 0.15) is 15.9 Å². The first-order chi connectivity index (χ1) is 17.5. The minimum Gasteiger partial charge on any atom is -0.870 e. The predicted molar refractivity (Wildman–Crippen MR) is 140 cm³/mol. The number of hydrogen-bond donors (Lipinski definition) is 2. The minimum absolute atomic E-state index is 0. The number of carbonyl (C=O) groups is 1. The number of nitrogens with one attached hydrogen (secondary N) is 1. The van der Waals surface area contributed by atoms with Gasteiger partial charge in [0, 0.05) is 22.7 Å². The molecule has 0 fully saturated rings. The fourth-order valence-corrected chi connectivity index (χ4v) is 4.84. The molecule has 4 rings (SSSR count). The fraction of sp³-hybridized carbons (Fsp3) is 0.0800. The average molecular weight is 582 g/mol. The molecule has 190 valence electrons. The number of ether oxygens (including phenoxy) is 1. The van der Waals surface area contributed by atoms with Gasteiger partial charge in [-0.15, -0.1) is 0 Å². The summed E-state index contributed by atoms with van der Waals surface area (Å²) in [6.07, 6.45) is 0. The van der Waals surface area contributed by atoms with Crippen molar-refractivity contribution in [2.75, 3.05) is 12.4 Å². The summed E-state index contributed by atoms with van der Waals surface area (Å²) in [5.74, 6) is -1.04. The number of halogens is 2. The Labute approximate surface area is 250 Å². The molecule has 0 atom stereocenters. The van der Waals surface area contributed by atoms with Crippen molar-refractivity contribution in [2.24, 2.45) is 10.2 Å². The summed E-state index contributed by atoms with van der Waals surface area (Å²) in [5.41, 5.74) is 0.396. The predicted octanol–water partition coefficient (Wildman–Crippen LogP) is 3.46. The second-order valence-corrected chi connectivity index (χ2v) is 10.1. The Morgan fingerprint density at radius 1 is 1.05 bits per heavy atom. The van der Waals surface area contributed by atoms with Gasteiger partial charge in [0.05, 0.1) is 28.5 Å². The average Bonchev–Trinajstić information content (AvgIpc) is 2.85. The molecule has 0 aliphatic heterocycles. The zero-order valence-electron chi connectivity index (χ0n) is 20.3. The molecule has 4 aromatic rings. The summed E-state index contributed by atoms with van der Waals surface area (Å²) >= 11 is 12.0. The molecule has 0 spiro atoms. The summed E-state index contributed by atoms with van der Waals surface area (Å²) < 4.78 is 38.0. The van der Waals surface area contributed by atoms with Crippen LogP contribution in [0.4, 0.5) is 17.1 Å². The molecule has 4 aromatic carbocycles. The number of hydrogen-bond acceptors (Lipinski definition) is 7. The van der Waals surface area contributed by atoms with Crippen molar-refractivity contribution < 1.29 is 57.2 Å². The van der Waals surface area contributed by atoms with Gasteiger partial charge in [-0.3, -0.25) is 9.35 Å². The Hall–Kier alpha value is -2.70. The van der Waals surface area contributed by atoms with Crippen molar-refractivity contribution in [3.8, 4) is 11.5 Å². The number of fused-ring (bicyclic) bond motifs is 1. The fourth-order valence-electron chi connectivity index (χ4n) is 3.59. The van der Waals surface area contributed by atoms with Gasteiger partial charge in [0.25, 0.3) is 16.0 Å². The maximum atomic E-state index is 13.3.